The molecule has 2 heteroatoms. The number of primary amides is 1. The van der Waals surface area contributed by atoms with Gasteiger partial charge in [0.1, 0.15) is 0 Å². The van der Waals surface area contributed by atoms with E-state index in [-0.39, 0.29) is 5.91 Å². The zero-order valence-corrected chi connectivity index (χ0v) is 9.34. The summed E-state index contributed by atoms with van der Waals surface area (Å²) in [5.74, 6) is 1.63. The van der Waals surface area contributed by atoms with Gasteiger partial charge in [0.05, 0.1) is 0 Å². The van der Waals surface area contributed by atoms with Crippen molar-refractivity contribution in [1.29, 1.82) is 0 Å². The molecule has 13 heavy (non-hydrogen) atoms. The highest BCUT2D eigenvalue weighted by molar-refractivity contribution is 5.73. The molecule has 78 valence electrons. The molecular formula is C11H23NO. The summed E-state index contributed by atoms with van der Waals surface area (Å²) in [6.45, 7) is 8.76. The SMILES string of the molecule is CC(C)CC(CC(N)=O)CC(C)C. The average molecular weight is 185 g/mol. The van der Waals surface area contributed by atoms with Crippen LogP contribution in [-0.2, 0) is 4.79 Å². The van der Waals surface area contributed by atoms with Gasteiger partial charge in [-0.05, 0) is 30.6 Å². The number of rotatable bonds is 6. The van der Waals surface area contributed by atoms with E-state index in [1.165, 1.54) is 0 Å². The summed E-state index contributed by atoms with van der Waals surface area (Å²) >= 11 is 0. The summed E-state index contributed by atoms with van der Waals surface area (Å²) in [7, 11) is 0. The van der Waals surface area contributed by atoms with Crippen LogP contribution in [0.3, 0.4) is 0 Å². The Hall–Kier alpha value is -0.530. The van der Waals surface area contributed by atoms with Crippen LogP contribution in [0.4, 0.5) is 0 Å². The Balaban J connectivity index is 3.95. The highest BCUT2D eigenvalue weighted by atomic mass is 16.1. The Morgan fingerprint density at radius 2 is 1.46 bits per heavy atom. The van der Waals surface area contributed by atoms with Crippen LogP contribution in [0.15, 0.2) is 0 Å². The van der Waals surface area contributed by atoms with Crippen molar-refractivity contribution in [2.24, 2.45) is 23.5 Å². The molecule has 0 aromatic rings. The van der Waals surface area contributed by atoms with E-state index >= 15 is 0 Å². The van der Waals surface area contributed by atoms with Crippen molar-refractivity contribution in [3.05, 3.63) is 0 Å². The Morgan fingerprint density at radius 3 is 1.69 bits per heavy atom. The highest BCUT2D eigenvalue weighted by Crippen LogP contribution is 2.22. The fourth-order valence-corrected chi connectivity index (χ4v) is 1.88. The van der Waals surface area contributed by atoms with Gasteiger partial charge in [-0.15, -0.1) is 0 Å². The van der Waals surface area contributed by atoms with Crippen LogP contribution in [0.25, 0.3) is 0 Å². The molecule has 2 N–H and O–H groups in total. The van der Waals surface area contributed by atoms with E-state index in [2.05, 4.69) is 27.7 Å². The number of carbonyl (C=O) groups excluding carboxylic acids is 1. The van der Waals surface area contributed by atoms with Gasteiger partial charge in [-0.1, -0.05) is 27.7 Å². The minimum absolute atomic E-state index is 0.161. The molecule has 0 unspecified atom stereocenters. The van der Waals surface area contributed by atoms with Gasteiger partial charge in [0.2, 0.25) is 5.91 Å². The molecule has 0 aromatic heterocycles. The van der Waals surface area contributed by atoms with Crippen molar-refractivity contribution < 1.29 is 4.79 Å². The maximum atomic E-state index is 10.8. The van der Waals surface area contributed by atoms with Crippen LogP contribution >= 0.6 is 0 Å². The van der Waals surface area contributed by atoms with Gasteiger partial charge < -0.3 is 5.73 Å². The summed E-state index contributed by atoms with van der Waals surface area (Å²) in [5.41, 5.74) is 5.21. The van der Waals surface area contributed by atoms with Crippen LogP contribution in [0.5, 0.6) is 0 Å². The molecule has 0 aliphatic heterocycles. The van der Waals surface area contributed by atoms with Crippen molar-refractivity contribution in [2.45, 2.75) is 47.0 Å². The van der Waals surface area contributed by atoms with Gasteiger partial charge in [0.25, 0.3) is 0 Å². The maximum absolute atomic E-state index is 10.8. The maximum Gasteiger partial charge on any atom is 0.217 e. The van der Waals surface area contributed by atoms with Crippen molar-refractivity contribution in [3.63, 3.8) is 0 Å². The number of amides is 1. The minimum atomic E-state index is -0.161. The van der Waals surface area contributed by atoms with E-state index < -0.39 is 0 Å². The Morgan fingerprint density at radius 1 is 1.08 bits per heavy atom. The van der Waals surface area contributed by atoms with E-state index in [0.29, 0.717) is 24.2 Å². The molecule has 2 nitrogen and oxygen atoms in total. The van der Waals surface area contributed by atoms with E-state index in [0.717, 1.165) is 12.8 Å². The molecule has 0 aliphatic carbocycles. The lowest BCUT2D eigenvalue weighted by Gasteiger charge is -2.19. The number of hydrogen-bond acceptors (Lipinski definition) is 1. The number of carbonyl (C=O) groups is 1. The molecule has 0 heterocycles. The summed E-state index contributed by atoms with van der Waals surface area (Å²) in [6.07, 6.45) is 2.78. The van der Waals surface area contributed by atoms with Gasteiger partial charge in [0.15, 0.2) is 0 Å². The van der Waals surface area contributed by atoms with Crippen molar-refractivity contribution >= 4 is 5.91 Å². The number of hydrogen-bond donors (Lipinski definition) is 1. The third kappa shape index (κ3) is 7.82. The van der Waals surface area contributed by atoms with Gasteiger partial charge in [-0.2, -0.15) is 0 Å². The molecule has 0 aliphatic rings. The summed E-state index contributed by atoms with van der Waals surface area (Å²) in [4.78, 5) is 10.8. The normalized spacial score (nSPS) is 11.6. The van der Waals surface area contributed by atoms with E-state index in [9.17, 15) is 4.79 Å². The fraction of sp³-hybridized carbons (Fsp3) is 0.909. The monoisotopic (exact) mass is 185 g/mol. The smallest absolute Gasteiger partial charge is 0.217 e. The van der Waals surface area contributed by atoms with Crippen LogP contribution in [0, 0.1) is 17.8 Å². The van der Waals surface area contributed by atoms with Crippen LogP contribution < -0.4 is 5.73 Å². The van der Waals surface area contributed by atoms with Crippen LogP contribution in [0.2, 0.25) is 0 Å². The summed E-state index contributed by atoms with van der Waals surface area (Å²) in [5, 5.41) is 0. The first-order chi connectivity index (χ1) is 5.91. The summed E-state index contributed by atoms with van der Waals surface area (Å²) < 4.78 is 0. The molecule has 0 aromatic carbocycles. The quantitative estimate of drug-likeness (QED) is 0.679. The lowest BCUT2D eigenvalue weighted by Crippen LogP contribution is -2.18. The first-order valence-electron chi connectivity index (χ1n) is 5.20. The van der Waals surface area contributed by atoms with Crippen LogP contribution in [-0.4, -0.2) is 5.91 Å². The molecule has 0 fully saturated rings. The average Bonchev–Trinajstić information content (AvgIpc) is 1.80. The molecule has 1 amide bonds. The van der Waals surface area contributed by atoms with Gasteiger partial charge in [-0.3, -0.25) is 4.79 Å². The van der Waals surface area contributed by atoms with Gasteiger partial charge >= 0.3 is 0 Å². The summed E-state index contributed by atoms with van der Waals surface area (Å²) in [6, 6.07) is 0. The molecule has 0 atom stereocenters. The highest BCUT2D eigenvalue weighted by Gasteiger charge is 2.14. The van der Waals surface area contributed by atoms with Gasteiger partial charge in [-0.25, -0.2) is 0 Å². The molecular weight excluding hydrogens is 162 g/mol. The molecule has 0 spiro atoms. The van der Waals surface area contributed by atoms with Crippen molar-refractivity contribution in [3.8, 4) is 0 Å². The Labute approximate surface area is 81.9 Å². The topological polar surface area (TPSA) is 43.1 Å². The van der Waals surface area contributed by atoms with Gasteiger partial charge in [0, 0.05) is 6.42 Å². The standard InChI is InChI=1S/C11H23NO/c1-8(2)5-10(6-9(3)4)7-11(12)13/h8-10H,5-7H2,1-4H3,(H2,12,13). The second-order valence-electron chi connectivity index (χ2n) is 4.80. The van der Waals surface area contributed by atoms with E-state index in [1.807, 2.05) is 0 Å². The Kier molecular flexibility index (Phi) is 5.76. The molecule has 0 saturated heterocycles. The fourth-order valence-electron chi connectivity index (χ4n) is 1.88. The van der Waals surface area contributed by atoms with E-state index in [1.54, 1.807) is 0 Å². The van der Waals surface area contributed by atoms with Crippen LogP contribution in [0.1, 0.15) is 47.0 Å². The molecule has 0 rings (SSSR count). The largest absolute Gasteiger partial charge is 0.370 e. The molecule has 0 bridgehead atoms. The number of nitrogens with two attached hydrogens (primary N) is 1. The molecule has 0 saturated carbocycles. The third-order valence-electron chi connectivity index (χ3n) is 2.10. The predicted octanol–water partition coefficient (Wildman–Crippen LogP) is 2.57. The third-order valence-corrected chi connectivity index (χ3v) is 2.10. The second kappa shape index (κ2) is 6.01. The minimum Gasteiger partial charge on any atom is -0.370 e. The van der Waals surface area contributed by atoms with Crippen molar-refractivity contribution in [2.75, 3.05) is 0 Å². The lowest BCUT2D eigenvalue weighted by molar-refractivity contribution is -0.119. The molecule has 0 radical (unpaired) electrons. The first kappa shape index (κ1) is 12.5. The van der Waals surface area contributed by atoms with E-state index in [4.69, 9.17) is 5.73 Å². The van der Waals surface area contributed by atoms with Crippen molar-refractivity contribution in [1.82, 2.24) is 0 Å². The Bertz CT molecular complexity index is 142. The second-order valence-corrected chi connectivity index (χ2v) is 4.80. The zero-order chi connectivity index (χ0) is 10.4. The first-order valence-corrected chi connectivity index (χ1v) is 5.20. The predicted molar refractivity (Wildman–Crippen MR) is 56.2 cm³/mol. The zero-order valence-electron chi connectivity index (χ0n) is 9.34. The lowest BCUT2D eigenvalue weighted by atomic mass is 9.87.